The molecule has 0 spiro atoms. The summed E-state index contributed by atoms with van der Waals surface area (Å²) in [7, 11) is 1.52. The van der Waals surface area contributed by atoms with Crippen LogP contribution in [-0.4, -0.2) is 12.9 Å². The largest absolute Gasteiger partial charge is 0.496 e. The van der Waals surface area contributed by atoms with Gasteiger partial charge in [0, 0.05) is 11.5 Å². The second-order valence-electron chi connectivity index (χ2n) is 3.80. The molecule has 2 rings (SSSR count). The van der Waals surface area contributed by atoms with Crippen molar-refractivity contribution in [2.75, 3.05) is 7.11 Å². The van der Waals surface area contributed by atoms with Crippen LogP contribution in [0.4, 0.5) is 0 Å². The summed E-state index contributed by atoms with van der Waals surface area (Å²) in [5.74, 6) is 0.460. The molecular formula is C14H12O4. The summed E-state index contributed by atoms with van der Waals surface area (Å²) < 4.78 is 10.4. The highest BCUT2D eigenvalue weighted by atomic mass is 16.5. The number of benzene rings is 1. The first kappa shape index (κ1) is 12.1. The standard InChI is InChI=1S/C14H12O4/c1-9(15)3-6-11-12(17-2)7-4-10-5-8-13(16)18-14(10)11/h3-8H,1-2H3. The molecule has 92 valence electrons. The first-order valence-corrected chi connectivity index (χ1v) is 5.41. The maximum atomic E-state index is 11.3. The Kier molecular flexibility index (Phi) is 3.28. The molecule has 0 bridgehead atoms. The van der Waals surface area contributed by atoms with Crippen LogP contribution in [0, 0.1) is 0 Å². The summed E-state index contributed by atoms with van der Waals surface area (Å²) in [5, 5.41) is 0.776. The van der Waals surface area contributed by atoms with Crippen LogP contribution >= 0.6 is 0 Å². The summed E-state index contributed by atoms with van der Waals surface area (Å²) >= 11 is 0. The van der Waals surface area contributed by atoms with Crippen molar-refractivity contribution in [3.05, 3.63) is 46.3 Å². The molecule has 0 aliphatic rings. The van der Waals surface area contributed by atoms with E-state index in [-0.39, 0.29) is 5.78 Å². The molecule has 4 nitrogen and oxygen atoms in total. The zero-order chi connectivity index (χ0) is 13.1. The molecule has 0 atom stereocenters. The van der Waals surface area contributed by atoms with Gasteiger partial charge in [0.05, 0.1) is 12.7 Å². The lowest BCUT2D eigenvalue weighted by molar-refractivity contribution is -0.112. The highest BCUT2D eigenvalue weighted by Gasteiger charge is 2.08. The van der Waals surface area contributed by atoms with Gasteiger partial charge in [-0.25, -0.2) is 4.79 Å². The first-order valence-electron chi connectivity index (χ1n) is 5.41. The number of ether oxygens (including phenoxy) is 1. The van der Waals surface area contributed by atoms with E-state index >= 15 is 0 Å². The van der Waals surface area contributed by atoms with Crippen LogP contribution < -0.4 is 10.4 Å². The lowest BCUT2D eigenvalue weighted by atomic mass is 10.1. The Morgan fingerprint density at radius 2 is 2.00 bits per heavy atom. The van der Waals surface area contributed by atoms with Crippen LogP contribution in [0.2, 0.25) is 0 Å². The van der Waals surface area contributed by atoms with Crippen molar-refractivity contribution in [2.45, 2.75) is 6.92 Å². The summed E-state index contributed by atoms with van der Waals surface area (Å²) in [6.45, 7) is 1.45. The number of fused-ring (bicyclic) bond motifs is 1. The van der Waals surface area contributed by atoms with Crippen LogP contribution in [0.1, 0.15) is 12.5 Å². The van der Waals surface area contributed by atoms with Crippen molar-refractivity contribution in [3.63, 3.8) is 0 Å². The Morgan fingerprint density at radius 3 is 2.67 bits per heavy atom. The van der Waals surface area contributed by atoms with Crippen LogP contribution in [0.5, 0.6) is 5.75 Å². The fourth-order valence-corrected chi connectivity index (χ4v) is 1.67. The molecule has 18 heavy (non-hydrogen) atoms. The third kappa shape index (κ3) is 2.32. The number of hydrogen-bond donors (Lipinski definition) is 0. The number of rotatable bonds is 3. The van der Waals surface area contributed by atoms with Crippen molar-refractivity contribution in [3.8, 4) is 5.75 Å². The minimum absolute atomic E-state index is 0.0904. The zero-order valence-corrected chi connectivity index (χ0v) is 10.1. The second kappa shape index (κ2) is 4.87. The molecule has 1 heterocycles. The van der Waals surface area contributed by atoms with E-state index in [1.807, 2.05) is 0 Å². The first-order chi connectivity index (χ1) is 8.61. The molecular weight excluding hydrogens is 232 g/mol. The molecule has 4 heteroatoms. The number of carbonyl (C=O) groups excluding carboxylic acids is 1. The molecule has 0 amide bonds. The Morgan fingerprint density at radius 1 is 1.28 bits per heavy atom. The monoisotopic (exact) mass is 244 g/mol. The normalized spacial score (nSPS) is 11.0. The topological polar surface area (TPSA) is 56.5 Å². The van der Waals surface area contributed by atoms with Crippen molar-refractivity contribution >= 4 is 22.8 Å². The SMILES string of the molecule is COc1ccc2ccc(=O)oc2c1C=CC(C)=O. The maximum absolute atomic E-state index is 11.3. The van der Waals surface area contributed by atoms with E-state index in [0.29, 0.717) is 16.9 Å². The summed E-state index contributed by atoms with van der Waals surface area (Å²) in [4.78, 5) is 22.3. The molecule has 0 unspecified atom stereocenters. The van der Waals surface area contributed by atoms with Gasteiger partial charge in [-0.15, -0.1) is 0 Å². The van der Waals surface area contributed by atoms with Gasteiger partial charge in [0.25, 0.3) is 0 Å². The van der Waals surface area contributed by atoms with Crippen LogP contribution in [0.25, 0.3) is 17.0 Å². The van der Waals surface area contributed by atoms with E-state index in [9.17, 15) is 9.59 Å². The lowest BCUT2D eigenvalue weighted by Gasteiger charge is -2.06. The van der Waals surface area contributed by atoms with Crippen molar-refractivity contribution in [2.24, 2.45) is 0 Å². The Hall–Kier alpha value is -2.36. The lowest BCUT2D eigenvalue weighted by Crippen LogP contribution is -1.97. The molecule has 0 aliphatic heterocycles. The quantitative estimate of drug-likeness (QED) is 0.614. The van der Waals surface area contributed by atoms with Gasteiger partial charge in [0.2, 0.25) is 0 Å². The van der Waals surface area contributed by atoms with Gasteiger partial charge >= 0.3 is 5.63 Å². The van der Waals surface area contributed by atoms with E-state index in [4.69, 9.17) is 9.15 Å². The molecule has 0 radical (unpaired) electrons. The van der Waals surface area contributed by atoms with E-state index < -0.39 is 5.63 Å². The van der Waals surface area contributed by atoms with Crippen molar-refractivity contribution in [1.29, 1.82) is 0 Å². The minimum atomic E-state index is -0.437. The van der Waals surface area contributed by atoms with E-state index in [0.717, 1.165) is 5.39 Å². The van der Waals surface area contributed by atoms with Gasteiger partial charge in [-0.3, -0.25) is 4.79 Å². The average molecular weight is 244 g/mol. The van der Waals surface area contributed by atoms with Gasteiger partial charge in [0.1, 0.15) is 11.3 Å². The van der Waals surface area contributed by atoms with Gasteiger partial charge in [-0.05, 0) is 37.3 Å². The highest BCUT2D eigenvalue weighted by molar-refractivity contribution is 5.96. The fourth-order valence-electron chi connectivity index (χ4n) is 1.67. The van der Waals surface area contributed by atoms with E-state index in [1.54, 1.807) is 24.3 Å². The number of methoxy groups -OCH3 is 1. The molecule has 0 aliphatic carbocycles. The van der Waals surface area contributed by atoms with Gasteiger partial charge in [-0.1, -0.05) is 0 Å². The highest BCUT2D eigenvalue weighted by Crippen LogP contribution is 2.28. The minimum Gasteiger partial charge on any atom is -0.496 e. The van der Waals surface area contributed by atoms with Crippen LogP contribution in [-0.2, 0) is 4.79 Å². The number of allylic oxidation sites excluding steroid dienone is 1. The Labute approximate surface area is 103 Å². The molecule has 0 N–H and O–H groups in total. The second-order valence-corrected chi connectivity index (χ2v) is 3.80. The van der Waals surface area contributed by atoms with E-state index in [2.05, 4.69) is 0 Å². The predicted octanol–water partition coefficient (Wildman–Crippen LogP) is 2.40. The zero-order valence-electron chi connectivity index (χ0n) is 10.1. The molecule has 0 fully saturated rings. The number of carbonyl (C=O) groups is 1. The molecule has 1 aromatic carbocycles. The molecule has 1 aromatic heterocycles. The Bertz CT molecular complexity index is 680. The summed E-state index contributed by atoms with van der Waals surface area (Å²) in [6.07, 6.45) is 3.00. The van der Waals surface area contributed by atoms with Gasteiger partial charge in [-0.2, -0.15) is 0 Å². The average Bonchev–Trinajstić information content (AvgIpc) is 2.35. The van der Waals surface area contributed by atoms with Gasteiger partial charge < -0.3 is 9.15 Å². The summed E-state index contributed by atoms with van der Waals surface area (Å²) in [5.41, 5.74) is 0.565. The molecule has 0 saturated carbocycles. The smallest absolute Gasteiger partial charge is 0.336 e. The Balaban J connectivity index is 2.75. The van der Waals surface area contributed by atoms with Gasteiger partial charge in [0.15, 0.2) is 5.78 Å². The number of ketones is 1. The maximum Gasteiger partial charge on any atom is 0.336 e. The predicted molar refractivity (Wildman–Crippen MR) is 68.8 cm³/mol. The fraction of sp³-hybridized carbons (Fsp3) is 0.143. The molecule has 0 saturated heterocycles. The third-order valence-corrected chi connectivity index (χ3v) is 2.49. The number of hydrogen-bond acceptors (Lipinski definition) is 4. The van der Waals surface area contributed by atoms with Crippen molar-refractivity contribution in [1.82, 2.24) is 0 Å². The third-order valence-electron chi connectivity index (χ3n) is 2.49. The van der Waals surface area contributed by atoms with Crippen molar-refractivity contribution < 1.29 is 13.9 Å². The van der Waals surface area contributed by atoms with Crippen LogP contribution in [0.15, 0.2) is 39.6 Å². The molecule has 2 aromatic rings. The summed E-state index contributed by atoms with van der Waals surface area (Å²) in [6, 6.07) is 6.59. The van der Waals surface area contributed by atoms with Crippen LogP contribution in [0.3, 0.4) is 0 Å². The van der Waals surface area contributed by atoms with E-state index in [1.165, 1.54) is 26.2 Å².